The maximum absolute atomic E-state index is 2.80. The number of nitrogens with zero attached hydrogens (tertiary/aromatic N) is 1. The van der Waals surface area contributed by atoms with Gasteiger partial charge in [-0.2, -0.15) is 0 Å². The van der Waals surface area contributed by atoms with E-state index >= 15 is 0 Å². The van der Waals surface area contributed by atoms with Crippen LogP contribution in [0.25, 0.3) is 0 Å². The molecule has 0 aromatic heterocycles. The first-order chi connectivity index (χ1) is 14.8. The molecule has 182 valence electrons. The van der Waals surface area contributed by atoms with Crippen molar-refractivity contribution in [3.8, 4) is 0 Å². The minimum Gasteiger partial charge on any atom is -0.359 e. The number of fused-ring (bicyclic) bond motifs is 1. The summed E-state index contributed by atoms with van der Waals surface area (Å²) >= 11 is 0. The molecule has 1 aliphatic rings. The van der Waals surface area contributed by atoms with Crippen LogP contribution < -0.4 is 4.90 Å². The summed E-state index contributed by atoms with van der Waals surface area (Å²) in [6.45, 7) is 38.4. The molecule has 1 aliphatic heterocycles. The molecule has 0 spiro atoms. The molecule has 1 nitrogen and oxygen atoms in total. The van der Waals surface area contributed by atoms with Crippen molar-refractivity contribution in [1.29, 1.82) is 0 Å². The SMILES string of the molecule is Cc1cc(N2C(C)(C)C(C)(C)c3c(C)c(C)c(C)c(C)c3C(C)(C)C2(C)C)c(C)c(C)c1C. The Morgan fingerprint density at radius 3 is 1.15 bits per heavy atom. The Morgan fingerprint density at radius 1 is 0.455 bits per heavy atom. The highest BCUT2D eigenvalue weighted by molar-refractivity contribution is 5.68. The number of hydrogen-bond donors (Lipinski definition) is 0. The molecule has 0 saturated carbocycles. The lowest BCUT2D eigenvalue weighted by Crippen LogP contribution is -2.66. The Bertz CT molecular complexity index is 1080. The zero-order chi connectivity index (χ0) is 25.6. The van der Waals surface area contributed by atoms with Crippen LogP contribution in [0.15, 0.2) is 6.07 Å². The van der Waals surface area contributed by atoms with Gasteiger partial charge in [-0.1, -0.05) is 27.7 Å². The number of anilines is 1. The summed E-state index contributed by atoms with van der Waals surface area (Å²) in [4.78, 5) is 2.80. The molecule has 3 rings (SSSR count). The van der Waals surface area contributed by atoms with Crippen LogP contribution in [-0.4, -0.2) is 11.1 Å². The van der Waals surface area contributed by atoms with Crippen LogP contribution in [0, 0.1) is 55.4 Å². The van der Waals surface area contributed by atoms with E-state index in [-0.39, 0.29) is 21.9 Å². The molecule has 0 atom stereocenters. The van der Waals surface area contributed by atoms with Crippen LogP contribution >= 0.6 is 0 Å². The van der Waals surface area contributed by atoms with Crippen molar-refractivity contribution in [1.82, 2.24) is 0 Å². The zero-order valence-electron chi connectivity index (χ0n) is 24.5. The summed E-state index contributed by atoms with van der Waals surface area (Å²) in [6.07, 6.45) is 0. The molecular formula is C32H49N. The van der Waals surface area contributed by atoms with Crippen molar-refractivity contribution in [3.63, 3.8) is 0 Å². The van der Waals surface area contributed by atoms with Gasteiger partial charge >= 0.3 is 0 Å². The molecule has 33 heavy (non-hydrogen) atoms. The van der Waals surface area contributed by atoms with Crippen LogP contribution in [0.1, 0.15) is 111 Å². The summed E-state index contributed by atoms with van der Waals surface area (Å²) in [6, 6.07) is 2.46. The minimum atomic E-state index is -0.114. The first-order valence-corrected chi connectivity index (χ1v) is 12.7. The van der Waals surface area contributed by atoms with Gasteiger partial charge < -0.3 is 4.90 Å². The van der Waals surface area contributed by atoms with E-state index in [2.05, 4.69) is 122 Å². The van der Waals surface area contributed by atoms with Crippen LogP contribution in [0.2, 0.25) is 0 Å². The quantitative estimate of drug-likeness (QED) is 0.422. The molecule has 0 bridgehead atoms. The van der Waals surface area contributed by atoms with Crippen LogP contribution in [-0.2, 0) is 10.8 Å². The Balaban J connectivity index is 2.59. The van der Waals surface area contributed by atoms with E-state index in [1.54, 1.807) is 11.1 Å². The summed E-state index contributed by atoms with van der Waals surface area (Å²) in [5.41, 5.74) is 15.7. The Labute approximate surface area is 205 Å². The van der Waals surface area contributed by atoms with Gasteiger partial charge in [0.2, 0.25) is 0 Å². The first-order valence-electron chi connectivity index (χ1n) is 12.7. The van der Waals surface area contributed by atoms with E-state index in [9.17, 15) is 0 Å². The first kappa shape index (κ1) is 25.9. The monoisotopic (exact) mass is 447 g/mol. The minimum absolute atomic E-state index is 0.0557. The largest absolute Gasteiger partial charge is 0.359 e. The van der Waals surface area contributed by atoms with Crippen molar-refractivity contribution in [2.75, 3.05) is 4.90 Å². The lowest BCUT2D eigenvalue weighted by molar-refractivity contribution is 0.202. The fourth-order valence-electron chi connectivity index (χ4n) is 6.77. The standard InChI is InChI=1S/C32H49N/c1-18-17-26(23(6)20(3)19(18)2)33-31(13,14)29(9,10)27-24(7)21(4)22(5)25(8)28(27)30(11,12)32(33,15)16/h17H,1-16H3. The van der Waals surface area contributed by atoms with Gasteiger partial charge in [0.15, 0.2) is 0 Å². The van der Waals surface area contributed by atoms with Gasteiger partial charge in [0, 0.05) is 27.6 Å². The summed E-state index contributed by atoms with van der Waals surface area (Å²) < 4.78 is 0. The number of benzene rings is 2. The third kappa shape index (κ3) is 3.10. The molecule has 0 radical (unpaired) electrons. The van der Waals surface area contributed by atoms with Crippen molar-refractivity contribution in [2.45, 2.75) is 133 Å². The third-order valence-electron chi connectivity index (χ3n) is 10.8. The van der Waals surface area contributed by atoms with Gasteiger partial charge in [-0.25, -0.2) is 0 Å². The zero-order valence-corrected chi connectivity index (χ0v) is 24.5. The number of aryl methyl sites for hydroxylation is 1. The summed E-state index contributed by atoms with van der Waals surface area (Å²) in [5.74, 6) is 0. The Morgan fingerprint density at radius 2 is 0.788 bits per heavy atom. The molecule has 0 saturated heterocycles. The molecule has 0 amide bonds. The fraction of sp³-hybridized carbons (Fsp3) is 0.625. The lowest BCUT2D eigenvalue weighted by atomic mass is 9.62. The lowest BCUT2D eigenvalue weighted by Gasteiger charge is -2.59. The highest BCUT2D eigenvalue weighted by Crippen LogP contribution is 2.58. The molecule has 1 heterocycles. The van der Waals surface area contributed by atoms with Crippen molar-refractivity contribution in [3.05, 3.63) is 61.7 Å². The second-order valence-corrected chi connectivity index (χ2v) is 13.0. The second-order valence-electron chi connectivity index (χ2n) is 13.0. The van der Waals surface area contributed by atoms with Crippen LogP contribution in [0.4, 0.5) is 5.69 Å². The van der Waals surface area contributed by atoms with Crippen molar-refractivity contribution in [2.24, 2.45) is 0 Å². The molecule has 0 N–H and O–H groups in total. The van der Waals surface area contributed by atoms with Gasteiger partial charge in [-0.15, -0.1) is 0 Å². The van der Waals surface area contributed by atoms with Crippen molar-refractivity contribution < 1.29 is 0 Å². The van der Waals surface area contributed by atoms with E-state index in [1.165, 1.54) is 50.2 Å². The molecule has 0 unspecified atom stereocenters. The van der Waals surface area contributed by atoms with Gasteiger partial charge in [-0.05, 0) is 145 Å². The highest BCUT2D eigenvalue weighted by atomic mass is 15.3. The topological polar surface area (TPSA) is 3.24 Å². The smallest absolute Gasteiger partial charge is 0.0443 e. The average Bonchev–Trinajstić information content (AvgIpc) is 2.71. The molecule has 1 heteroatoms. The Kier molecular flexibility index (Phi) is 5.77. The molecule has 2 aromatic rings. The van der Waals surface area contributed by atoms with Crippen molar-refractivity contribution >= 4 is 5.69 Å². The molecule has 0 aliphatic carbocycles. The predicted octanol–water partition coefficient (Wildman–Crippen LogP) is 8.79. The summed E-state index contributed by atoms with van der Waals surface area (Å²) in [7, 11) is 0. The van der Waals surface area contributed by atoms with Gasteiger partial charge in [0.25, 0.3) is 0 Å². The maximum Gasteiger partial charge on any atom is 0.0443 e. The number of rotatable bonds is 1. The molecular weight excluding hydrogens is 398 g/mol. The van der Waals surface area contributed by atoms with Crippen LogP contribution in [0.3, 0.4) is 0 Å². The second kappa shape index (κ2) is 7.37. The number of hydrogen-bond acceptors (Lipinski definition) is 1. The molecule has 0 fully saturated rings. The van der Waals surface area contributed by atoms with Gasteiger partial charge in [-0.3, -0.25) is 0 Å². The summed E-state index contributed by atoms with van der Waals surface area (Å²) in [5, 5.41) is 0. The average molecular weight is 448 g/mol. The van der Waals surface area contributed by atoms with E-state index < -0.39 is 0 Å². The Hall–Kier alpha value is -1.76. The van der Waals surface area contributed by atoms with E-state index in [0.717, 1.165) is 0 Å². The van der Waals surface area contributed by atoms with Crippen LogP contribution in [0.5, 0.6) is 0 Å². The third-order valence-corrected chi connectivity index (χ3v) is 10.8. The predicted molar refractivity (Wildman–Crippen MR) is 147 cm³/mol. The van der Waals surface area contributed by atoms with E-state index in [4.69, 9.17) is 0 Å². The highest BCUT2D eigenvalue weighted by Gasteiger charge is 2.59. The van der Waals surface area contributed by atoms with E-state index in [1.807, 2.05) is 0 Å². The van der Waals surface area contributed by atoms with Gasteiger partial charge in [0.1, 0.15) is 0 Å². The van der Waals surface area contributed by atoms with Gasteiger partial charge in [0.05, 0.1) is 0 Å². The van der Waals surface area contributed by atoms with E-state index in [0.29, 0.717) is 0 Å². The fourth-order valence-corrected chi connectivity index (χ4v) is 6.77. The molecule has 2 aromatic carbocycles. The maximum atomic E-state index is 2.80. The normalized spacial score (nSPS) is 20.4.